The number of hydrogen-bond donors (Lipinski definition) is 7. The van der Waals surface area contributed by atoms with Crippen LogP contribution in [0, 0.1) is 0 Å². The van der Waals surface area contributed by atoms with Gasteiger partial charge in [-0.1, -0.05) is 180 Å². The lowest BCUT2D eigenvalue weighted by atomic mass is 9.99. The molecule has 56 heavy (non-hydrogen) atoms. The normalized spacial score (nSPS) is 22.0. The Morgan fingerprint density at radius 1 is 0.714 bits per heavy atom. The standard InChI is InChI=1S/C42H81NO12S/c1-3-5-7-9-11-13-15-17-19-21-23-25-27-29-31-36(46)41(49)43-34(35(45)30-28-26-24-22-20-18-16-14-12-10-8-6-4-2)33-53-42-39(48)40(55-56(50,51)52)38(47)37(32-44)54-42/h28,30,34-40,42,44-48H,3-27,29,31-33H2,1-2H3,(H,43,49)(H,50,51,52)/b30-28+. The lowest BCUT2D eigenvalue weighted by molar-refractivity contribution is -0.298. The molecule has 1 aliphatic heterocycles. The molecule has 1 heterocycles. The molecular weight excluding hydrogens is 743 g/mol. The first-order chi connectivity index (χ1) is 26.9. The zero-order valence-corrected chi connectivity index (χ0v) is 35.6. The van der Waals surface area contributed by atoms with Crippen LogP contribution in [0.25, 0.3) is 0 Å². The quantitative estimate of drug-likeness (QED) is 0.0192. The Bertz CT molecular complexity index is 1080. The van der Waals surface area contributed by atoms with Gasteiger partial charge in [-0.3, -0.25) is 9.35 Å². The summed E-state index contributed by atoms with van der Waals surface area (Å²) in [6.45, 7) is 3.20. The number of nitrogens with one attached hydrogen (secondary N) is 1. The fraction of sp³-hybridized carbons (Fsp3) is 0.929. The van der Waals surface area contributed by atoms with Gasteiger partial charge in [0, 0.05) is 0 Å². The number of hydrogen-bond acceptors (Lipinski definition) is 11. The Morgan fingerprint density at radius 2 is 1.16 bits per heavy atom. The molecule has 8 unspecified atom stereocenters. The van der Waals surface area contributed by atoms with Crippen LogP contribution in [0.2, 0.25) is 0 Å². The molecule has 14 heteroatoms. The highest BCUT2D eigenvalue weighted by Gasteiger charge is 2.48. The van der Waals surface area contributed by atoms with Crippen LogP contribution in [0.1, 0.15) is 187 Å². The van der Waals surface area contributed by atoms with Gasteiger partial charge in [0.25, 0.3) is 0 Å². The lowest BCUT2D eigenvalue weighted by Gasteiger charge is -2.41. The van der Waals surface area contributed by atoms with Crippen LogP contribution in [0.3, 0.4) is 0 Å². The molecule has 0 aromatic carbocycles. The number of aliphatic hydroxyl groups is 5. The van der Waals surface area contributed by atoms with Gasteiger partial charge in [0.05, 0.1) is 25.4 Å². The maximum Gasteiger partial charge on any atom is 0.397 e. The SMILES string of the molecule is CCCCCCCCCCCCC/C=C/C(O)C(COC1OC(CO)C(O)C(OS(=O)(=O)O)C1O)NC(=O)C(O)CCCCCCCCCCCCCCCC. The third kappa shape index (κ3) is 26.0. The van der Waals surface area contributed by atoms with Crippen molar-refractivity contribution in [2.24, 2.45) is 0 Å². The van der Waals surface area contributed by atoms with E-state index in [9.17, 15) is 38.7 Å². The van der Waals surface area contributed by atoms with Crippen molar-refractivity contribution in [3.63, 3.8) is 0 Å². The van der Waals surface area contributed by atoms with Gasteiger partial charge >= 0.3 is 10.4 Å². The number of rotatable bonds is 37. The van der Waals surface area contributed by atoms with E-state index >= 15 is 0 Å². The number of aliphatic hydroxyl groups excluding tert-OH is 5. The summed E-state index contributed by atoms with van der Waals surface area (Å²) in [5.74, 6) is -0.701. The molecule has 8 atom stereocenters. The Labute approximate surface area is 339 Å². The first-order valence-electron chi connectivity index (χ1n) is 22.2. The molecule has 0 aromatic rings. The molecular formula is C42H81NO12S. The summed E-state index contributed by atoms with van der Waals surface area (Å²) in [5, 5.41) is 55.1. The molecule has 13 nitrogen and oxygen atoms in total. The van der Waals surface area contributed by atoms with E-state index in [2.05, 4.69) is 23.3 Å². The minimum atomic E-state index is -5.11. The van der Waals surface area contributed by atoms with Crippen molar-refractivity contribution in [3.8, 4) is 0 Å². The topological polar surface area (TPSA) is 212 Å². The van der Waals surface area contributed by atoms with Gasteiger partial charge in [-0.2, -0.15) is 8.42 Å². The molecule has 0 saturated carbocycles. The van der Waals surface area contributed by atoms with Gasteiger partial charge < -0.3 is 40.3 Å². The van der Waals surface area contributed by atoms with Crippen LogP contribution < -0.4 is 5.32 Å². The average Bonchev–Trinajstić information content (AvgIpc) is 3.16. The summed E-state index contributed by atoms with van der Waals surface area (Å²) in [4.78, 5) is 13.1. The minimum absolute atomic E-state index is 0.247. The van der Waals surface area contributed by atoms with Crippen LogP contribution in [0.5, 0.6) is 0 Å². The summed E-state index contributed by atoms with van der Waals surface area (Å²) in [6.07, 6.45) is 22.9. The van der Waals surface area contributed by atoms with Crippen molar-refractivity contribution in [2.75, 3.05) is 13.2 Å². The number of carbonyl (C=O) groups is 1. The molecule has 0 aliphatic carbocycles. The molecule has 1 rings (SSSR count). The Balaban J connectivity index is 2.62. The molecule has 332 valence electrons. The van der Waals surface area contributed by atoms with E-state index in [-0.39, 0.29) is 6.42 Å². The molecule has 7 N–H and O–H groups in total. The predicted molar refractivity (Wildman–Crippen MR) is 219 cm³/mol. The van der Waals surface area contributed by atoms with Crippen LogP contribution >= 0.6 is 0 Å². The zero-order chi connectivity index (χ0) is 41.4. The Morgan fingerprint density at radius 3 is 1.61 bits per heavy atom. The summed E-state index contributed by atoms with van der Waals surface area (Å²) in [7, 11) is -5.11. The smallest absolute Gasteiger partial charge is 0.394 e. The second kappa shape index (κ2) is 33.6. The number of allylic oxidation sites excluding steroid dienone is 1. The largest absolute Gasteiger partial charge is 0.397 e. The number of unbranched alkanes of at least 4 members (excludes halogenated alkanes) is 24. The number of carbonyl (C=O) groups excluding carboxylic acids is 1. The summed E-state index contributed by atoms with van der Waals surface area (Å²) < 4.78 is 47.4. The van der Waals surface area contributed by atoms with E-state index in [4.69, 9.17) is 14.0 Å². The maximum absolute atomic E-state index is 13.1. The Kier molecular flexibility index (Phi) is 31.7. The maximum atomic E-state index is 13.1. The van der Waals surface area contributed by atoms with Crippen LogP contribution in [0.4, 0.5) is 0 Å². The fourth-order valence-corrected chi connectivity index (χ4v) is 7.62. The number of amides is 1. The second-order valence-corrected chi connectivity index (χ2v) is 16.8. The van der Waals surface area contributed by atoms with Gasteiger partial charge in [0.2, 0.25) is 5.91 Å². The monoisotopic (exact) mass is 824 g/mol. The van der Waals surface area contributed by atoms with Gasteiger partial charge in [-0.25, -0.2) is 4.18 Å². The minimum Gasteiger partial charge on any atom is -0.394 e. The van der Waals surface area contributed by atoms with Gasteiger partial charge in [0.1, 0.15) is 30.5 Å². The fourth-order valence-electron chi connectivity index (χ4n) is 7.11. The van der Waals surface area contributed by atoms with E-state index in [0.717, 1.165) is 38.5 Å². The van der Waals surface area contributed by atoms with E-state index in [1.165, 1.54) is 122 Å². The predicted octanol–water partition coefficient (Wildman–Crippen LogP) is 6.97. The summed E-state index contributed by atoms with van der Waals surface area (Å²) >= 11 is 0. The van der Waals surface area contributed by atoms with E-state index < -0.39 is 78.5 Å². The van der Waals surface area contributed by atoms with Crippen LogP contribution in [0.15, 0.2) is 12.2 Å². The first kappa shape index (κ1) is 52.8. The summed E-state index contributed by atoms with van der Waals surface area (Å²) in [5.41, 5.74) is 0. The van der Waals surface area contributed by atoms with Gasteiger partial charge in [-0.15, -0.1) is 0 Å². The molecule has 1 aliphatic rings. The van der Waals surface area contributed by atoms with Crippen molar-refractivity contribution < 1.29 is 57.0 Å². The molecule has 0 aromatic heterocycles. The Hall–Kier alpha value is -1.20. The number of ether oxygens (including phenoxy) is 2. The van der Waals surface area contributed by atoms with Gasteiger partial charge in [0.15, 0.2) is 6.29 Å². The van der Waals surface area contributed by atoms with E-state index in [1.807, 2.05) is 6.08 Å². The molecule has 0 spiro atoms. The lowest BCUT2D eigenvalue weighted by Crippen LogP contribution is -2.61. The average molecular weight is 824 g/mol. The van der Waals surface area contributed by atoms with Crippen molar-refractivity contribution in [1.82, 2.24) is 5.32 Å². The highest BCUT2D eigenvalue weighted by Crippen LogP contribution is 2.26. The van der Waals surface area contributed by atoms with E-state index in [0.29, 0.717) is 12.8 Å². The zero-order valence-electron chi connectivity index (χ0n) is 34.8. The second-order valence-electron chi connectivity index (χ2n) is 15.8. The van der Waals surface area contributed by atoms with Crippen molar-refractivity contribution in [2.45, 2.75) is 236 Å². The third-order valence-corrected chi connectivity index (χ3v) is 11.1. The first-order valence-corrected chi connectivity index (χ1v) is 23.5. The van der Waals surface area contributed by atoms with Crippen LogP contribution in [-0.2, 0) is 28.9 Å². The molecule has 1 amide bonds. The third-order valence-electron chi connectivity index (χ3n) is 10.7. The van der Waals surface area contributed by atoms with Gasteiger partial charge in [-0.05, 0) is 19.3 Å². The highest BCUT2D eigenvalue weighted by molar-refractivity contribution is 7.80. The summed E-state index contributed by atoms with van der Waals surface area (Å²) in [6, 6.07) is -1.11. The molecule has 0 radical (unpaired) electrons. The van der Waals surface area contributed by atoms with Crippen molar-refractivity contribution in [3.05, 3.63) is 12.2 Å². The molecule has 1 saturated heterocycles. The van der Waals surface area contributed by atoms with E-state index in [1.54, 1.807) is 0 Å². The highest BCUT2D eigenvalue weighted by atomic mass is 32.3. The molecule has 0 bridgehead atoms. The van der Waals surface area contributed by atoms with Crippen molar-refractivity contribution in [1.29, 1.82) is 0 Å². The molecule has 1 fully saturated rings. The van der Waals surface area contributed by atoms with Crippen LogP contribution in [-0.4, -0.2) is 107 Å². The van der Waals surface area contributed by atoms with Crippen molar-refractivity contribution >= 4 is 16.3 Å².